The van der Waals surface area contributed by atoms with Crippen LogP contribution in [0.3, 0.4) is 0 Å². The van der Waals surface area contributed by atoms with E-state index in [2.05, 4.69) is 26.0 Å². The van der Waals surface area contributed by atoms with E-state index in [1.807, 2.05) is 0 Å². The van der Waals surface area contributed by atoms with Crippen LogP contribution in [0.25, 0.3) is 0 Å². The molecule has 10 nitrogen and oxygen atoms in total. The lowest BCUT2D eigenvalue weighted by Gasteiger charge is -2.39. The zero-order chi connectivity index (χ0) is 45.9. The van der Waals surface area contributed by atoms with Gasteiger partial charge in [0.05, 0.1) is 13.2 Å². The Balaban J connectivity index is 2.23. The lowest BCUT2D eigenvalue weighted by molar-refractivity contribution is -0.305. The summed E-state index contributed by atoms with van der Waals surface area (Å²) in [7, 11) is 0. The molecule has 0 aromatic rings. The summed E-state index contributed by atoms with van der Waals surface area (Å²) in [6, 6.07) is 0. The summed E-state index contributed by atoms with van der Waals surface area (Å²) in [6.45, 7) is 3.47. The van der Waals surface area contributed by atoms with Gasteiger partial charge in [0.25, 0.3) is 0 Å². The van der Waals surface area contributed by atoms with Gasteiger partial charge in [0.15, 0.2) is 12.4 Å². The van der Waals surface area contributed by atoms with E-state index >= 15 is 0 Å². The van der Waals surface area contributed by atoms with Crippen molar-refractivity contribution in [3.05, 3.63) is 12.2 Å². The molecular weight excluding hydrogens is 797 g/mol. The minimum atomic E-state index is -1.59. The average molecular weight is 897 g/mol. The summed E-state index contributed by atoms with van der Waals surface area (Å²) >= 11 is 0. The summed E-state index contributed by atoms with van der Waals surface area (Å²) in [5.74, 6) is -0.792. The molecule has 0 saturated carbocycles. The first kappa shape index (κ1) is 59.5. The van der Waals surface area contributed by atoms with Gasteiger partial charge in [-0.05, 0) is 38.5 Å². The Kier molecular flexibility index (Phi) is 41.8. The third-order valence-corrected chi connectivity index (χ3v) is 12.7. The maximum atomic E-state index is 12.8. The van der Waals surface area contributed by atoms with Gasteiger partial charge in [0, 0.05) is 12.8 Å². The Hall–Kier alpha value is -1.56. The van der Waals surface area contributed by atoms with Crippen molar-refractivity contribution in [3.63, 3.8) is 0 Å². The number of allylic oxidation sites excluding steroid dienone is 2. The first-order chi connectivity index (χ1) is 30.8. The first-order valence-electron chi connectivity index (χ1n) is 26.8. The van der Waals surface area contributed by atoms with E-state index in [0.29, 0.717) is 6.42 Å². The molecule has 372 valence electrons. The fourth-order valence-corrected chi connectivity index (χ4v) is 8.42. The summed E-state index contributed by atoms with van der Waals surface area (Å²) in [4.78, 5) is 25.5. The smallest absolute Gasteiger partial charge is 0.306 e. The Morgan fingerprint density at radius 1 is 0.476 bits per heavy atom. The van der Waals surface area contributed by atoms with Crippen molar-refractivity contribution in [1.82, 2.24) is 0 Å². The van der Waals surface area contributed by atoms with Crippen molar-refractivity contribution >= 4 is 11.9 Å². The molecule has 1 fully saturated rings. The molecule has 1 rings (SSSR count). The van der Waals surface area contributed by atoms with E-state index in [0.717, 1.165) is 38.5 Å². The van der Waals surface area contributed by atoms with Gasteiger partial charge in [-0.1, -0.05) is 219 Å². The highest BCUT2D eigenvalue weighted by Crippen LogP contribution is 2.23. The van der Waals surface area contributed by atoms with E-state index < -0.39 is 49.4 Å². The Morgan fingerprint density at radius 3 is 1.24 bits per heavy atom. The number of unbranched alkanes of at least 4 members (excludes halogenated alkanes) is 33. The second kappa shape index (κ2) is 44.3. The molecule has 0 aromatic carbocycles. The van der Waals surface area contributed by atoms with Crippen LogP contribution in [0.4, 0.5) is 0 Å². The number of rotatable bonds is 46. The zero-order valence-electron chi connectivity index (χ0n) is 40.8. The summed E-state index contributed by atoms with van der Waals surface area (Å²) in [5.41, 5.74) is 0. The van der Waals surface area contributed by atoms with Crippen molar-refractivity contribution in [2.75, 3.05) is 19.8 Å². The highest BCUT2D eigenvalue weighted by Gasteiger charge is 2.44. The van der Waals surface area contributed by atoms with E-state index in [-0.39, 0.29) is 32.0 Å². The predicted molar refractivity (Wildman–Crippen MR) is 256 cm³/mol. The van der Waals surface area contributed by atoms with E-state index in [1.54, 1.807) is 0 Å². The van der Waals surface area contributed by atoms with Crippen LogP contribution in [0, 0.1) is 0 Å². The van der Waals surface area contributed by atoms with Gasteiger partial charge in [-0.2, -0.15) is 0 Å². The number of hydrogen-bond donors (Lipinski definition) is 4. The molecule has 1 aliphatic heterocycles. The fourth-order valence-electron chi connectivity index (χ4n) is 8.42. The van der Waals surface area contributed by atoms with Crippen molar-refractivity contribution in [3.8, 4) is 0 Å². The molecule has 0 amide bonds. The molecule has 6 atom stereocenters. The van der Waals surface area contributed by atoms with Gasteiger partial charge in [0.1, 0.15) is 31.0 Å². The Bertz CT molecular complexity index is 1040. The van der Waals surface area contributed by atoms with Gasteiger partial charge >= 0.3 is 11.9 Å². The maximum Gasteiger partial charge on any atom is 0.306 e. The van der Waals surface area contributed by atoms with Gasteiger partial charge in [-0.25, -0.2) is 0 Å². The van der Waals surface area contributed by atoms with E-state index in [1.165, 1.54) is 186 Å². The highest BCUT2D eigenvalue weighted by atomic mass is 16.7. The van der Waals surface area contributed by atoms with Crippen LogP contribution < -0.4 is 0 Å². The largest absolute Gasteiger partial charge is 0.462 e. The molecule has 1 aliphatic rings. The van der Waals surface area contributed by atoms with Crippen LogP contribution in [0.5, 0.6) is 0 Å². The van der Waals surface area contributed by atoms with E-state index in [4.69, 9.17) is 18.9 Å². The number of esters is 2. The van der Waals surface area contributed by atoms with Crippen LogP contribution in [0.2, 0.25) is 0 Å². The van der Waals surface area contributed by atoms with Gasteiger partial charge in [0.2, 0.25) is 0 Å². The number of carbonyl (C=O) groups excluding carboxylic acids is 2. The molecule has 4 N–H and O–H groups in total. The minimum absolute atomic E-state index is 0.212. The molecular formula is C53H100O10. The first-order valence-corrected chi connectivity index (χ1v) is 26.8. The molecule has 1 heterocycles. The average Bonchev–Trinajstić information content (AvgIpc) is 3.28. The van der Waals surface area contributed by atoms with Crippen molar-refractivity contribution < 1.29 is 49.0 Å². The molecule has 63 heavy (non-hydrogen) atoms. The van der Waals surface area contributed by atoms with Gasteiger partial charge < -0.3 is 39.4 Å². The van der Waals surface area contributed by atoms with Gasteiger partial charge in [-0.3, -0.25) is 9.59 Å². The third kappa shape index (κ3) is 35.3. The van der Waals surface area contributed by atoms with Crippen LogP contribution in [-0.2, 0) is 28.5 Å². The van der Waals surface area contributed by atoms with Crippen LogP contribution in [-0.4, -0.2) is 89.0 Å². The third-order valence-electron chi connectivity index (χ3n) is 12.7. The maximum absolute atomic E-state index is 12.8. The quantitative estimate of drug-likeness (QED) is 0.0264. The number of aliphatic hydroxyl groups excluding tert-OH is 4. The normalized spacial score (nSPS) is 19.5. The minimum Gasteiger partial charge on any atom is -0.462 e. The van der Waals surface area contributed by atoms with Gasteiger partial charge in [-0.15, -0.1) is 0 Å². The molecule has 0 radical (unpaired) electrons. The molecule has 2 unspecified atom stereocenters. The SMILES string of the molecule is CCCCCCCC/C=C/CCCCCCCCCCCC(=O)OC[C@@H](CO[C@H]1O[C@@H](CO)[C@@H](O)C(O)C1O)OC(=O)CCCCCCCCCCCCCCCCCCCCC. The Labute approximate surface area is 386 Å². The summed E-state index contributed by atoms with van der Waals surface area (Å²) in [6.07, 6.45) is 42.2. The second-order valence-electron chi connectivity index (χ2n) is 18.7. The second-order valence-corrected chi connectivity index (χ2v) is 18.7. The zero-order valence-corrected chi connectivity index (χ0v) is 40.8. The molecule has 0 bridgehead atoms. The van der Waals surface area contributed by atoms with Crippen molar-refractivity contribution in [2.45, 2.75) is 295 Å². The lowest BCUT2D eigenvalue weighted by Crippen LogP contribution is -2.59. The summed E-state index contributed by atoms with van der Waals surface area (Å²) in [5, 5.41) is 40.2. The molecule has 0 aliphatic carbocycles. The number of hydrogen-bond acceptors (Lipinski definition) is 10. The van der Waals surface area contributed by atoms with E-state index in [9.17, 15) is 30.0 Å². The number of ether oxygens (including phenoxy) is 4. The van der Waals surface area contributed by atoms with Crippen LogP contribution in [0.1, 0.15) is 258 Å². The van der Waals surface area contributed by atoms with Crippen LogP contribution >= 0.6 is 0 Å². The number of aliphatic hydroxyl groups is 4. The summed E-state index contributed by atoms with van der Waals surface area (Å²) < 4.78 is 22.3. The lowest BCUT2D eigenvalue weighted by atomic mass is 9.99. The van der Waals surface area contributed by atoms with Crippen molar-refractivity contribution in [2.24, 2.45) is 0 Å². The molecule has 0 aromatic heterocycles. The fraction of sp³-hybridized carbons (Fsp3) is 0.925. The Morgan fingerprint density at radius 2 is 0.841 bits per heavy atom. The topological polar surface area (TPSA) is 152 Å². The van der Waals surface area contributed by atoms with Crippen LogP contribution in [0.15, 0.2) is 12.2 Å². The highest BCUT2D eigenvalue weighted by molar-refractivity contribution is 5.70. The monoisotopic (exact) mass is 897 g/mol. The van der Waals surface area contributed by atoms with Crippen molar-refractivity contribution in [1.29, 1.82) is 0 Å². The standard InChI is InChI=1S/C53H100O10/c1-3-5-7-9-11-13-15-17-19-21-23-25-27-29-31-33-35-37-39-41-48(55)60-44-46(45-61-53-52(59)51(58)50(57)47(43-54)63-53)62-49(56)42-40-38-36-34-32-30-28-26-24-22-20-18-16-14-12-10-8-6-4-2/h17,19,46-47,50-54,57-59H,3-16,18,20-45H2,1-2H3/b19-17+/t46-,47-,50+,51?,52?,53-/m0/s1. The molecule has 1 saturated heterocycles. The predicted octanol–water partition coefficient (Wildman–Crippen LogP) is 12.7. The molecule has 0 spiro atoms. The molecule has 10 heteroatoms. The number of carbonyl (C=O) groups is 2.